The minimum absolute atomic E-state index is 0.0479. The first-order valence-electron chi connectivity index (χ1n) is 7.78. The van der Waals surface area contributed by atoms with E-state index < -0.39 is 0 Å². The molecule has 4 rings (SSSR count). The maximum atomic E-state index is 12.7. The Morgan fingerprint density at radius 1 is 1.38 bits per heavy atom. The lowest BCUT2D eigenvalue weighted by Crippen LogP contribution is -2.35. The molecule has 9 heteroatoms. The number of aryl methyl sites for hydroxylation is 2. The van der Waals surface area contributed by atoms with Gasteiger partial charge in [0.2, 0.25) is 5.91 Å². The van der Waals surface area contributed by atoms with E-state index in [-0.39, 0.29) is 23.3 Å². The molecule has 0 spiro atoms. The van der Waals surface area contributed by atoms with Gasteiger partial charge >= 0.3 is 6.03 Å². The molecule has 0 unspecified atom stereocenters. The molecule has 0 aromatic carbocycles. The summed E-state index contributed by atoms with van der Waals surface area (Å²) < 4.78 is 1.51. The number of carbonyl (C=O) groups is 2. The van der Waals surface area contributed by atoms with Gasteiger partial charge in [-0.2, -0.15) is 0 Å². The molecule has 1 N–H and O–H groups in total. The predicted molar refractivity (Wildman–Crippen MR) is 92.7 cm³/mol. The molecule has 0 atom stereocenters. The highest BCUT2D eigenvalue weighted by atomic mass is 32.2. The van der Waals surface area contributed by atoms with Crippen molar-refractivity contribution in [3.63, 3.8) is 0 Å². The normalized spacial score (nSPS) is 16.7. The van der Waals surface area contributed by atoms with E-state index in [1.54, 1.807) is 18.4 Å². The second-order valence-electron chi connectivity index (χ2n) is 5.86. The van der Waals surface area contributed by atoms with Crippen LogP contribution >= 0.6 is 23.1 Å². The van der Waals surface area contributed by atoms with Crippen molar-refractivity contribution in [3.8, 4) is 0 Å². The Bertz CT molecular complexity index is 918. The largest absolute Gasteiger partial charge is 0.336 e. The van der Waals surface area contributed by atoms with Crippen LogP contribution in [-0.2, 0) is 24.7 Å². The summed E-state index contributed by atoms with van der Waals surface area (Å²) in [4.78, 5) is 44.1. The monoisotopic (exact) mass is 364 g/mol. The maximum absolute atomic E-state index is 12.7. The van der Waals surface area contributed by atoms with Crippen LogP contribution in [0.5, 0.6) is 0 Å². The molecule has 7 nitrogen and oxygen atoms in total. The number of thioether (sulfide) groups is 1. The lowest BCUT2D eigenvalue weighted by molar-refractivity contribution is -0.124. The van der Waals surface area contributed by atoms with Gasteiger partial charge in [0, 0.05) is 25.0 Å². The number of hydrogen-bond donors (Lipinski definition) is 1. The minimum atomic E-state index is -0.354. The van der Waals surface area contributed by atoms with Crippen molar-refractivity contribution in [2.75, 3.05) is 18.8 Å². The lowest BCUT2D eigenvalue weighted by Gasteiger charge is -2.12. The number of carbonyl (C=O) groups excluding carboxylic acids is 2. The molecule has 1 aliphatic heterocycles. The molecular weight excluding hydrogens is 348 g/mol. The second kappa shape index (κ2) is 5.89. The second-order valence-corrected chi connectivity index (χ2v) is 7.89. The molecule has 2 aromatic heterocycles. The summed E-state index contributed by atoms with van der Waals surface area (Å²) in [7, 11) is 1.68. The van der Waals surface area contributed by atoms with E-state index in [1.165, 1.54) is 26.1 Å². The molecule has 0 radical (unpaired) electrons. The van der Waals surface area contributed by atoms with Crippen LogP contribution in [0.1, 0.15) is 16.9 Å². The molecular formula is C15H16N4O3S2. The van der Waals surface area contributed by atoms with Crippen molar-refractivity contribution in [1.82, 2.24) is 19.8 Å². The smallest absolute Gasteiger partial charge is 0.324 e. The topological polar surface area (TPSA) is 84.3 Å². The number of nitrogens with zero attached hydrogens (tertiary/aromatic N) is 3. The molecule has 24 heavy (non-hydrogen) atoms. The average Bonchev–Trinajstić information content (AvgIpc) is 3.24. The van der Waals surface area contributed by atoms with Crippen molar-refractivity contribution in [2.24, 2.45) is 7.05 Å². The van der Waals surface area contributed by atoms with Gasteiger partial charge in [-0.05, 0) is 24.8 Å². The molecule has 2 aliphatic rings. The van der Waals surface area contributed by atoms with Crippen LogP contribution in [0.25, 0.3) is 10.2 Å². The zero-order valence-corrected chi connectivity index (χ0v) is 14.8. The van der Waals surface area contributed by atoms with E-state index in [0.717, 1.165) is 35.0 Å². The summed E-state index contributed by atoms with van der Waals surface area (Å²) in [6, 6.07) is -0.354. The van der Waals surface area contributed by atoms with Crippen LogP contribution in [0.4, 0.5) is 4.79 Å². The van der Waals surface area contributed by atoms with Gasteiger partial charge in [-0.25, -0.2) is 9.78 Å². The number of fused-ring (bicyclic) bond motifs is 3. The van der Waals surface area contributed by atoms with Crippen LogP contribution in [0.3, 0.4) is 0 Å². The standard InChI is InChI=1S/C15H16N4O3S2/c1-18-13(21)11-8-3-2-4-9(8)24-12(11)17-15(18)23-7-10(20)19-6-5-16-14(19)22/h2-7H2,1H3,(H,16,22). The highest BCUT2D eigenvalue weighted by Crippen LogP contribution is 2.35. The van der Waals surface area contributed by atoms with Crippen molar-refractivity contribution in [3.05, 3.63) is 20.8 Å². The Balaban J connectivity index is 1.61. The molecule has 3 heterocycles. The van der Waals surface area contributed by atoms with E-state index in [9.17, 15) is 14.4 Å². The molecule has 1 saturated heterocycles. The van der Waals surface area contributed by atoms with E-state index in [1.807, 2.05) is 0 Å². The Hall–Kier alpha value is -1.87. The first-order chi connectivity index (χ1) is 11.6. The van der Waals surface area contributed by atoms with Gasteiger partial charge in [-0.1, -0.05) is 11.8 Å². The van der Waals surface area contributed by atoms with Crippen LogP contribution in [0.2, 0.25) is 0 Å². The van der Waals surface area contributed by atoms with Crippen LogP contribution in [0, 0.1) is 0 Å². The van der Waals surface area contributed by atoms with Crippen molar-refractivity contribution >= 4 is 45.3 Å². The number of amides is 3. The molecule has 0 saturated carbocycles. The quantitative estimate of drug-likeness (QED) is 0.652. The number of imide groups is 1. The minimum Gasteiger partial charge on any atom is -0.336 e. The number of urea groups is 1. The van der Waals surface area contributed by atoms with Gasteiger partial charge in [0.1, 0.15) is 4.83 Å². The summed E-state index contributed by atoms with van der Waals surface area (Å²) >= 11 is 2.79. The Morgan fingerprint density at radius 3 is 2.96 bits per heavy atom. The fraction of sp³-hybridized carbons (Fsp3) is 0.467. The molecule has 126 valence electrons. The fourth-order valence-corrected chi connectivity index (χ4v) is 5.30. The van der Waals surface area contributed by atoms with E-state index >= 15 is 0 Å². The molecule has 2 aromatic rings. The SMILES string of the molecule is Cn1c(SCC(=O)N2CCNC2=O)nc2sc3c(c2c1=O)CCC3. The molecule has 0 bridgehead atoms. The highest BCUT2D eigenvalue weighted by Gasteiger charge is 2.27. The highest BCUT2D eigenvalue weighted by molar-refractivity contribution is 7.99. The van der Waals surface area contributed by atoms with Crippen LogP contribution in [-0.4, -0.2) is 45.2 Å². The van der Waals surface area contributed by atoms with Crippen molar-refractivity contribution < 1.29 is 9.59 Å². The van der Waals surface area contributed by atoms with Gasteiger partial charge in [-0.3, -0.25) is 19.1 Å². The summed E-state index contributed by atoms with van der Waals surface area (Å²) in [6.45, 7) is 0.875. The fourth-order valence-electron chi connectivity index (χ4n) is 3.15. The third-order valence-electron chi connectivity index (χ3n) is 4.39. The zero-order chi connectivity index (χ0) is 16.8. The Labute approximate surface area is 146 Å². The number of aromatic nitrogens is 2. The Morgan fingerprint density at radius 2 is 2.21 bits per heavy atom. The number of nitrogens with one attached hydrogen (secondary N) is 1. The van der Waals surface area contributed by atoms with E-state index in [2.05, 4.69) is 10.3 Å². The van der Waals surface area contributed by atoms with Crippen LogP contribution in [0.15, 0.2) is 9.95 Å². The van der Waals surface area contributed by atoms with Crippen molar-refractivity contribution in [1.29, 1.82) is 0 Å². The third-order valence-corrected chi connectivity index (χ3v) is 6.59. The molecule has 1 fully saturated rings. The number of rotatable bonds is 3. The summed E-state index contributed by atoms with van der Waals surface area (Å²) in [5.41, 5.74) is 1.11. The van der Waals surface area contributed by atoms with Gasteiger partial charge in [0.15, 0.2) is 5.16 Å². The van der Waals surface area contributed by atoms with E-state index in [4.69, 9.17) is 0 Å². The first kappa shape index (κ1) is 15.6. The van der Waals surface area contributed by atoms with E-state index in [0.29, 0.717) is 18.2 Å². The van der Waals surface area contributed by atoms with Gasteiger partial charge in [0.25, 0.3) is 5.56 Å². The van der Waals surface area contributed by atoms with Gasteiger partial charge < -0.3 is 5.32 Å². The van der Waals surface area contributed by atoms with Crippen LogP contribution < -0.4 is 10.9 Å². The summed E-state index contributed by atoms with van der Waals surface area (Å²) in [5.74, 6) is -0.178. The molecule has 3 amide bonds. The zero-order valence-electron chi connectivity index (χ0n) is 13.1. The maximum Gasteiger partial charge on any atom is 0.324 e. The average molecular weight is 364 g/mol. The number of hydrogen-bond acceptors (Lipinski definition) is 6. The Kier molecular flexibility index (Phi) is 3.84. The van der Waals surface area contributed by atoms with Gasteiger partial charge in [0.05, 0.1) is 11.1 Å². The molecule has 1 aliphatic carbocycles. The van der Waals surface area contributed by atoms with Crippen molar-refractivity contribution in [2.45, 2.75) is 24.4 Å². The predicted octanol–water partition coefficient (Wildman–Crippen LogP) is 1.13. The third kappa shape index (κ3) is 2.42. The van der Waals surface area contributed by atoms with Gasteiger partial charge in [-0.15, -0.1) is 11.3 Å². The lowest BCUT2D eigenvalue weighted by atomic mass is 10.2. The first-order valence-corrected chi connectivity index (χ1v) is 9.58. The number of thiophene rings is 1. The summed E-state index contributed by atoms with van der Waals surface area (Å²) in [5, 5.41) is 3.86. The summed E-state index contributed by atoms with van der Waals surface area (Å²) in [6.07, 6.45) is 3.06.